The summed E-state index contributed by atoms with van der Waals surface area (Å²) in [5.74, 6) is -0.131. The Kier molecular flexibility index (Phi) is 3.21. The lowest BCUT2D eigenvalue weighted by Gasteiger charge is -2.11. The molecule has 1 aromatic rings. The number of fused-ring (bicyclic) bond motifs is 1. The summed E-state index contributed by atoms with van der Waals surface area (Å²) in [5, 5.41) is 8.84. The molecule has 2 aliphatic heterocycles. The summed E-state index contributed by atoms with van der Waals surface area (Å²) in [6, 6.07) is 5.92. The number of hydrogen-bond donors (Lipinski definition) is 3. The first-order chi connectivity index (χ1) is 9.22. The van der Waals surface area contributed by atoms with Crippen LogP contribution in [0.25, 0.3) is 0 Å². The van der Waals surface area contributed by atoms with Gasteiger partial charge in [-0.3, -0.25) is 9.59 Å². The van der Waals surface area contributed by atoms with Gasteiger partial charge in [0.05, 0.1) is 0 Å². The van der Waals surface area contributed by atoms with Crippen LogP contribution in [0.5, 0.6) is 0 Å². The number of rotatable bonds is 3. The van der Waals surface area contributed by atoms with Crippen molar-refractivity contribution in [1.82, 2.24) is 16.0 Å². The lowest BCUT2D eigenvalue weighted by molar-refractivity contribution is -0.125. The van der Waals surface area contributed by atoms with E-state index in [9.17, 15) is 9.59 Å². The maximum Gasteiger partial charge on any atom is 0.242 e. The molecule has 1 atom stereocenters. The van der Waals surface area contributed by atoms with Gasteiger partial charge in [-0.15, -0.1) is 0 Å². The molecule has 1 aromatic carbocycles. The van der Waals surface area contributed by atoms with Crippen molar-refractivity contribution in [3.05, 3.63) is 34.9 Å². The molecule has 2 heterocycles. The Morgan fingerprint density at radius 3 is 2.95 bits per heavy atom. The first kappa shape index (κ1) is 12.2. The van der Waals surface area contributed by atoms with E-state index in [1.807, 2.05) is 6.07 Å². The van der Waals surface area contributed by atoms with Crippen molar-refractivity contribution in [2.75, 3.05) is 0 Å². The van der Waals surface area contributed by atoms with E-state index in [1.165, 1.54) is 11.1 Å². The highest BCUT2D eigenvalue weighted by molar-refractivity contribution is 5.90. The van der Waals surface area contributed by atoms with E-state index in [0.29, 0.717) is 19.4 Å². The van der Waals surface area contributed by atoms with Crippen LogP contribution in [0.1, 0.15) is 29.5 Å². The van der Waals surface area contributed by atoms with Gasteiger partial charge in [0.2, 0.25) is 11.8 Å². The van der Waals surface area contributed by atoms with Gasteiger partial charge in [-0.2, -0.15) is 0 Å². The molecule has 3 rings (SSSR count). The minimum atomic E-state index is -0.358. The van der Waals surface area contributed by atoms with Crippen LogP contribution in [-0.4, -0.2) is 17.9 Å². The lowest BCUT2D eigenvalue weighted by atomic mass is 10.1. The van der Waals surface area contributed by atoms with Crippen molar-refractivity contribution < 1.29 is 9.59 Å². The third-order valence-electron chi connectivity index (χ3n) is 3.68. The van der Waals surface area contributed by atoms with Gasteiger partial charge < -0.3 is 16.0 Å². The maximum absolute atomic E-state index is 11.9. The number of benzene rings is 1. The monoisotopic (exact) mass is 259 g/mol. The van der Waals surface area contributed by atoms with Gasteiger partial charge >= 0.3 is 0 Å². The smallest absolute Gasteiger partial charge is 0.242 e. The Morgan fingerprint density at radius 2 is 2.16 bits per heavy atom. The molecular formula is C14H17N3O2. The van der Waals surface area contributed by atoms with Gasteiger partial charge in [0.25, 0.3) is 0 Å². The SMILES string of the molecule is O=C1CC[C@@H](C(=O)NCc2ccc3c(c2)CNC3)N1. The second-order valence-electron chi connectivity index (χ2n) is 5.08. The fourth-order valence-corrected chi connectivity index (χ4v) is 2.58. The summed E-state index contributed by atoms with van der Waals surface area (Å²) in [5.41, 5.74) is 3.74. The third-order valence-corrected chi connectivity index (χ3v) is 3.68. The molecule has 2 amide bonds. The molecule has 0 radical (unpaired) electrons. The zero-order valence-corrected chi connectivity index (χ0v) is 10.7. The Balaban J connectivity index is 1.57. The molecule has 0 spiro atoms. The molecule has 1 fully saturated rings. The molecule has 5 heteroatoms. The van der Waals surface area contributed by atoms with Crippen LogP contribution in [0.15, 0.2) is 18.2 Å². The fraction of sp³-hybridized carbons (Fsp3) is 0.429. The highest BCUT2D eigenvalue weighted by atomic mass is 16.2. The van der Waals surface area contributed by atoms with Crippen LogP contribution < -0.4 is 16.0 Å². The van der Waals surface area contributed by atoms with E-state index in [0.717, 1.165) is 18.7 Å². The fourth-order valence-electron chi connectivity index (χ4n) is 2.58. The van der Waals surface area contributed by atoms with Gasteiger partial charge in [0, 0.05) is 26.1 Å². The minimum absolute atomic E-state index is 0.0382. The zero-order valence-electron chi connectivity index (χ0n) is 10.7. The van der Waals surface area contributed by atoms with Crippen LogP contribution in [-0.2, 0) is 29.2 Å². The summed E-state index contributed by atoms with van der Waals surface area (Å²) >= 11 is 0. The molecule has 1 saturated heterocycles. The minimum Gasteiger partial charge on any atom is -0.350 e. The number of hydrogen-bond acceptors (Lipinski definition) is 3. The van der Waals surface area contributed by atoms with Crippen LogP contribution >= 0.6 is 0 Å². The van der Waals surface area contributed by atoms with Crippen molar-refractivity contribution in [3.8, 4) is 0 Å². The summed E-state index contributed by atoms with van der Waals surface area (Å²) in [6.45, 7) is 2.34. The van der Waals surface area contributed by atoms with Crippen LogP contribution in [0.3, 0.4) is 0 Å². The highest BCUT2D eigenvalue weighted by Gasteiger charge is 2.26. The standard InChI is InChI=1S/C14H17N3O2/c18-13-4-3-12(17-13)14(19)16-6-9-1-2-10-7-15-8-11(10)5-9/h1-2,5,12,15H,3-4,6-8H2,(H,16,19)(H,17,18)/t12-/m0/s1. The van der Waals surface area contributed by atoms with Crippen molar-refractivity contribution >= 4 is 11.8 Å². The molecular weight excluding hydrogens is 242 g/mol. The Hall–Kier alpha value is -1.88. The summed E-state index contributed by atoms with van der Waals surface area (Å²) in [7, 11) is 0. The van der Waals surface area contributed by atoms with E-state index in [2.05, 4.69) is 28.1 Å². The Labute approximate surface area is 111 Å². The number of carbonyl (C=O) groups is 2. The summed E-state index contributed by atoms with van der Waals surface area (Å²) in [6.07, 6.45) is 1.04. The van der Waals surface area contributed by atoms with Gasteiger partial charge in [-0.25, -0.2) is 0 Å². The predicted molar refractivity (Wildman–Crippen MR) is 70.0 cm³/mol. The number of amides is 2. The Bertz CT molecular complexity index is 527. The van der Waals surface area contributed by atoms with Crippen molar-refractivity contribution in [1.29, 1.82) is 0 Å². The normalized spacial score (nSPS) is 21.1. The molecule has 5 nitrogen and oxygen atoms in total. The molecule has 3 N–H and O–H groups in total. The van der Waals surface area contributed by atoms with E-state index in [-0.39, 0.29) is 17.9 Å². The topological polar surface area (TPSA) is 70.2 Å². The van der Waals surface area contributed by atoms with E-state index < -0.39 is 0 Å². The maximum atomic E-state index is 11.9. The van der Waals surface area contributed by atoms with Gasteiger partial charge in [0.1, 0.15) is 6.04 Å². The van der Waals surface area contributed by atoms with Crippen molar-refractivity contribution in [2.45, 2.75) is 38.5 Å². The Morgan fingerprint density at radius 1 is 1.32 bits per heavy atom. The van der Waals surface area contributed by atoms with Gasteiger partial charge in [-0.05, 0) is 23.1 Å². The third kappa shape index (κ3) is 2.61. The predicted octanol–water partition coefficient (Wildman–Crippen LogP) is 0.185. The molecule has 0 aliphatic carbocycles. The quantitative estimate of drug-likeness (QED) is 0.725. The number of carbonyl (C=O) groups excluding carboxylic acids is 2. The zero-order chi connectivity index (χ0) is 13.2. The first-order valence-electron chi connectivity index (χ1n) is 6.61. The molecule has 19 heavy (non-hydrogen) atoms. The second kappa shape index (κ2) is 5.01. The number of nitrogens with one attached hydrogen (secondary N) is 3. The van der Waals surface area contributed by atoms with Crippen LogP contribution in [0, 0.1) is 0 Å². The van der Waals surface area contributed by atoms with Crippen LogP contribution in [0.4, 0.5) is 0 Å². The second-order valence-corrected chi connectivity index (χ2v) is 5.08. The molecule has 0 unspecified atom stereocenters. The van der Waals surface area contributed by atoms with Gasteiger partial charge in [0.15, 0.2) is 0 Å². The summed E-state index contributed by atoms with van der Waals surface area (Å²) < 4.78 is 0. The largest absolute Gasteiger partial charge is 0.350 e. The average Bonchev–Trinajstić information content (AvgIpc) is 3.03. The molecule has 2 aliphatic rings. The lowest BCUT2D eigenvalue weighted by Crippen LogP contribution is -2.41. The van der Waals surface area contributed by atoms with E-state index in [1.54, 1.807) is 0 Å². The molecule has 0 bridgehead atoms. The van der Waals surface area contributed by atoms with E-state index >= 15 is 0 Å². The average molecular weight is 259 g/mol. The molecule has 100 valence electrons. The van der Waals surface area contributed by atoms with Crippen molar-refractivity contribution in [2.24, 2.45) is 0 Å². The first-order valence-corrected chi connectivity index (χ1v) is 6.61. The van der Waals surface area contributed by atoms with Crippen LogP contribution in [0.2, 0.25) is 0 Å². The van der Waals surface area contributed by atoms with Gasteiger partial charge in [-0.1, -0.05) is 18.2 Å². The summed E-state index contributed by atoms with van der Waals surface area (Å²) in [4.78, 5) is 22.9. The highest BCUT2D eigenvalue weighted by Crippen LogP contribution is 2.17. The van der Waals surface area contributed by atoms with E-state index in [4.69, 9.17) is 0 Å². The van der Waals surface area contributed by atoms with Crippen molar-refractivity contribution in [3.63, 3.8) is 0 Å². The molecule has 0 aromatic heterocycles. The molecule has 0 saturated carbocycles.